The molecule has 1 atom stereocenters. The summed E-state index contributed by atoms with van der Waals surface area (Å²) in [6.45, 7) is 0. The van der Waals surface area contributed by atoms with E-state index in [2.05, 4.69) is 20.2 Å². The van der Waals surface area contributed by atoms with E-state index in [1.807, 2.05) is 12.1 Å². The average molecular weight is 429 g/mol. The van der Waals surface area contributed by atoms with Gasteiger partial charge in [0.15, 0.2) is 5.82 Å². The number of aromatic nitrogens is 4. The second-order valence-electron chi connectivity index (χ2n) is 6.90. The number of amides is 1. The number of nitrogens with two attached hydrogens (primary N) is 1. The number of methoxy groups -OCH3 is 1. The van der Waals surface area contributed by atoms with Crippen LogP contribution in [-0.4, -0.2) is 43.4 Å². The van der Waals surface area contributed by atoms with Gasteiger partial charge >= 0.3 is 0 Å². The van der Waals surface area contributed by atoms with Gasteiger partial charge in [0.25, 0.3) is 5.91 Å². The van der Waals surface area contributed by atoms with Crippen LogP contribution in [0.4, 0.5) is 0 Å². The number of nitrogens with zero attached hydrogens (tertiary/aromatic N) is 4. The van der Waals surface area contributed by atoms with Crippen LogP contribution in [-0.2, 0) is 0 Å². The molecule has 0 aliphatic rings. The zero-order chi connectivity index (χ0) is 22.7. The SMILES string of the molecule is COc1ccc(C(c2ccc(O)cc2)c2nc(-c3cccnn3)nc(O)c2C(N)=O)cc1. The first-order valence-electron chi connectivity index (χ1n) is 9.59. The minimum absolute atomic E-state index is 0.0862. The molecule has 0 spiro atoms. The summed E-state index contributed by atoms with van der Waals surface area (Å²) in [5.74, 6) is -1.22. The molecule has 0 bridgehead atoms. The Kier molecular flexibility index (Phi) is 5.63. The van der Waals surface area contributed by atoms with Gasteiger partial charge in [0.05, 0.1) is 18.7 Å². The fraction of sp³-hybridized carbons (Fsp3) is 0.0870. The lowest BCUT2D eigenvalue weighted by molar-refractivity contribution is 0.0995. The molecule has 2 aromatic heterocycles. The number of rotatable bonds is 6. The molecular weight excluding hydrogens is 410 g/mol. The van der Waals surface area contributed by atoms with Crippen molar-refractivity contribution in [1.82, 2.24) is 20.2 Å². The zero-order valence-electron chi connectivity index (χ0n) is 17.0. The van der Waals surface area contributed by atoms with Gasteiger partial charge in [-0.2, -0.15) is 10.1 Å². The molecule has 0 fully saturated rings. The van der Waals surface area contributed by atoms with E-state index in [0.29, 0.717) is 17.0 Å². The number of phenols is 1. The van der Waals surface area contributed by atoms with Crippen molar-refractivity contribution in [2.24, 2.45) is 5.73 Å². The van der Waals surface area contributed by atoms with Gasteiger partial charge in [-0.25, -0.2) is 4.98 Å². The number of phenolic OH excluding ortho intramolecular Hbond substituents is 1. The van der Waals surface area contributed by atoms with Gasteiger partial charge in [-0.3, -0.25) is 4.79 Å². The fourth-order valence-electron chi connectivity index (χ4n) is 3.42. The molecule has 0 saturated carbocycles. The molecule has 4 N–H and O–H groups in total. The first-order valence-corrected chi connectivity index (χ1v) is 9.59. The highest BCUT2D eigenvalue weighted by molar-refractivity contribution is 5.96. The van der Waals surface area contributed by atoms with Crippen molar-refractivity contribution >= 4 is 5.91 Å². The van der Waals surface area contributed by atoms with E-state index in [1.54, 1.807) is 43.5 Å². The first kappa shape index (κ1) is 20.7. The van der Waals surface area contributed by atoms with E-state index in [4.69, 9.17) is 10.5 Å². The van der Waals surface area contributed by atoms with Gasteiger partial charge in [0.2, 0.25) is 5.88 Å². The maximum Gasteiger partial charge on any atom is 0.256 e. The van der Waals surface area contributed by atoms with Crippen molar-refractivity contribution in [2.45, 2.75) is 5.92 Å². The van der Waals surface area contributed by atoms with Gasteiger partial charge in [-0.15, -0.1) is 5.10 Å². The predicted molar refractivity (Wildman–Crippen MR) is 115 cm³/mol. The van der Waals surface area contributed by atoms with E-state index >= 15 is 0 Å². The number of carbonyl (C=O) groups excluding carboxylic acids is 1. The number of primary amides is 1. The molecule has 0 aliphatic heterocycles. The van der Waals surface area contributed by atoms with E-state index in [1.165, 1.54) is 18.3 Å². The standard InChI is InChI=1S/C23H19N5O4/c1-32-16-10-6-14(7-11-16)18(13-4-8-15(29)9-5-13)20-19(21(24)30)23(31)27-22(26-20)17-3-2-12-25-28-17/h2-12,18,29H,1H3,(H2,24,30)(H,26,27,31). The van der Waals surface area contributed by atoms with Gasteiger partial charge in [0, 0.05) is 6.20 Å². The van der Waals surface area contributed by atoms with Crippen molar-refractivity contribution in [3.8, 4) is 28.9 Å². The van der Waals surface area contributed by atoms with Crippen LogP contribution in [0.15, 0.2) is 66.9 Å². The van der Waals surface area contributed by atoms with Crippen LogP contribution < -0.4 is 10.5 Å². The molecule has 0 saturated heterocycles. The molecule has 1 unspecified atom stereocenters. The quantitative estimate of drug-likeness (QED) is 0.424. The molecule has 4 aromatic rings. The largest absolute Gasteiger partial charge is 0.508 e. The normalized spacial score (nSPS) is 11.7. The summed E-state index contributed by atoms with van der Waals surface area (Å²) in [5, 5.41) is 28.2. The number of carbonyl (C=O) groups is 1. The Labute approximate surface area is 183 Å². The summed E-state index contributed by atoms with van der Waals surface area (Å²) in [5.41, 5.74) is 7.37. The Morgan fingerprint density at radius 2 is 1.62 bits per heavy atom. The third-order valence-corrected chi connectivity index (χ3v) is 4.91. The number of aromatic hydroxyl groups is 2. The molecule has 0 aliphatic carbocycles. The summed E-state index contributed by atoms with van der Waals surface area (Å²) < 4.78 is 5.25. The summed E-state index contributed by atoms with van der Waals surface area (Å²) in [6, 6.07) is 17.0. The molecule has 2 aromatic carbocycles. The molecule has 32 heavy (non-hydrogen) atoms. The average Bonchev–Trinajstić information content (AvgIpc) is 2.81. The van der Waals surface area contributed by atoms with Crippen LogP contribution >= 0.6 is 0 Å². The Balaban J connectivity index is 1.99. The van der Waals surface area contributed by atoms with E-state index in [9.17, 15) is 15.0 Å². The van der Waals surface area contributed by atoms with Gasteiger partial charge in [-0.05, 0) is 47.5 Å². The molecule has 4 rings (SSSR count). The Morgan fingerprint density at radius 3 is 2.19 bits per heavy atom. The lowest BCUT2D eigenvalue weighted by Gasteiger charge is -2.21. The minimum atomic E-state index is -0.875. The van der Waals surface area contributed by atoms with Crippen molar-refractivity contribution < 1.29 is 19.7 Å². The second kappa shape index (κ2) is 8.68. The van der Waals surface area contributed by atoms with Crippen molar-refractivity contribution in [1.29, 1.82) is 0 Å². The number of ether oxygens (including phenoxy) is 1. The fourth-order valence-corrected chi connectivity index (χ4v) is 3.42. The van der Waals surface area contributed by atoms with Crippen molar-refractivity contribution in [3.05, 3.63) is 89.2 Å². The summed E-state index contributed by atoms with van der Waals surface area (Å²) in [4.78, 5) is 20.9. The molecule has 1 amide bonds. The Hall–Kier alpha value is -4.53. The Bertz CT molecular complexity index is 1250. The molecule has 2 heterocycles. The molecular formula is C23H19N5O4. The maximum absolute atomic E-state index is 12.3. The lowest BCUT2D eigenvalue weighted by Crippen LogP contribution is -2.20. The van der Waals surface area contributed by atoms with Crippen LogP contribution in [0.25, 0.3) is 11.5 Å². The van der Waals surface area contributed by atoms with Crippen molar-refractivity contribution in [2.75, 3.05) is 7.11 Å². The van der Waals surface area contributed by atoms with Crippen LogP contribution in [0, 0.1) is 0 Å². The van der Waals surface area contributed by atoms with E-state index < -0.39 is 17.7 Å². The number of benzene rings is 2. The smallest absolute Gasteiger partial charge is 0.256 e. The molecule has 160 valence electrons. The highest BCUT2D eigenvalue weighted by Crippen LogP contribution is 2.37. The monoisotopic (exact) mass is 429 g/mol. The number of hydrogen-bond acceptors (Lipinski definition) is 8. The van der Waals surface area contributed by atoms with Crippen LogP contribution in [0.2, 0.25) is 0 Å². The highest BCUT2D eigenvalue weighted by atomic mass is 16.5. The third kappa shape index (κ3) is 4.04. The Morgan fingerprint density at radius 1 is 0.969 bits per heavy atom. The summed E-state index contributed by atoms with van der Waals surface area (Å²) in [6.07, 6.45) is 1.50. The molecule has 9 heteroatoms. The third-order valence-electron chi connectivity index (χ3n) is 4.91. The zero-order valence-corrected chi connectivity index (χ0v) is 17.0. The van der Waals surface area contributed by atoms with Crippen LogP contribution in [0.5, 0.6) is 17.4 Å². The highest BCUT2D eigenvalue weighted by Gasteiger charge is 2.28. The van der Waals surface area contributed by atoms with E-state index in [-0.39, 0.29) is 22.8 Å². The van der Waals surface area contributed by atoms with Crippen LogP contribution in [0.3, 0.4) is 0 Å². The summed E-state index contributed by atoms with van der Waals surface area (Å²) in [7, 11) is 1.56. The minimum Gasteiger partial charge on any atom is -0.508 e. The van der Waals surface area contributed by atoms with E-state index in [0.717, 1.165) is 5.56 Å². The van der Waals surface area contributed by atoms with Gasteiger partial charge < -0.3 is 20.7 Å². The summed E-state index contributed by atoms with van der Waals surface area (Å²) >= 11 is 0. The first-order chi connectivity index (χ1) is 15.5. The lowest BCUT2D eigenvalue weighted by atomic mass is 9.86. The maximum atomic E-state index is 12.3. The van der Waals surface area contributed by atoms with Gasteiger partial charge in [0.1, 0.15) is 22.8 Å². The van der Waals surface area contributed by atoms with Crippen LogP contribution in [0.1, 0.15) is 33.1 Å². The van der Waals surface area contributed by atoms with Crippen molar-refractivity contribution in [3.63, 3.8) is 0 Å². The topological polar surface area (TPSA) is 144 Å². The number of hydrogen-bond donors (Lipinski definition) is 3. The second-order valence-corrected chi connectivity index (χ2v) is 6.90. The van der Waals surface area contributed by atoms with Gasteiger partial charge in [-0.1, -0.05) is 24.3 Å². The molecule has 9 nitrogen and oxygen atoms in total. The molecule has 0 radical (unpaired) electrons. The predicted octanol–water partition coefficient (Wildman–Crippen LogP) is 2.63.